The molecule has 1 aromatic heterocycles. The average molecular weight is 466 g/mol. The molecule has 1 saturated heterocycles. The highest BCUT2D eigenvalue weighted by Crippen LogP contribution is 2.35. The number of nitrogens with zero attached hydrogens (tertiary/aromatic N) is 2. The van der Waals surface area contributed by atoms with E-state index in [0.717, 1.165) is 74.3 Å². The Morgan fingerprint density at radius 1 is 1.28 bits per heavy atom. The Morgan fingerprint density at radius 2 is 2.06 bits per heavy atom. The number of carbonyl (C=O) groups is 1. The number of para-hydroxylation sites is 1. The van der Waals surface area contributed by atoms with Crippen LogP contribution < -0.4 is 10.1 Å². The van der Waals surface area contributed by atoms with E-state index < -0.39 is 0 Å². The molecule has 0 unspecified atom stereocenters. The van der Waals surface area contributed by atoms with E-state index in [0.29, 0.717) is 13.0 Å². The number of ether oxygens (including phenoxy) is 2. The van der Waals surface area contributed by atoms with Crippen LogP contribution in [-0.4, -0.2) is 60.9 Å². The van der Waals surface area contributed by atoms with Crippen LogP contribution in [0.1, 0.15) is 52.1 Å². The first kappa shape index (κ1) is 26.5. The lowest BCUT2D eigenvalue weighted by molar-refractivity contribution is -0.135. The van der Waals surface area contributed by atoms with Crippen LogP contribution in [0.3, 0.4) is 0 Å². The summed E-state index contributed by atoms with van der Waals surface area (Å²) in [6.45, 7) is 10.4. The number of aromatic nitrogens is 1. The maximum Gasteiger partial charge on any atom is 0.229 e. The van der Waals surface area contributed by atoms with Gasteiger partial charge in [-0.1, -0.05) is 12.1 Å². The third-order valence-corrected chi connectivity index (χ3v) is 6.12. The lowest BCUT2D eigenvalue weighted by Gasteiger charge is -2.37. The first-order valence-electron chi connectivity index (χ1n) is 11.8. The third kappa shape index (κ3) is 6.18. The van der Waals surface area contributed by atoms with E-state index in [2.05, 4.69) is 46.8 Å². The van der Waals surface area contributed by atoms with Crippen molar-refractivity contribution in [3.63, 3.8) is 0 Å². The van der Waals surface area contributed by atoms with E-state index in [1.165, 1.54) is 0 Å². The number of carbonyl (C=O) groups excluding carboxylic acids is 1. The molecule has 180 valence electrons. The topological polar surface area (TPSA) is 55.7 Å². The second-order valence-electron chi connectivity index (χ2n) is 8.65. The van der Waals surface area contributed by atoms with E-state index in [9.17, 15) is 4.79 Å². The Morgan fingerprint density at radius 3 is 2.72 bits per heavy atom. The quantitative estimate of drug-likeness (QED) is 0.499. The summed E-state index contributed by atoms with van der Waals surface area (Å²) >= 11 is 0. The molecule has 1 atom stereocenters. The molecule has 0 spiro atoms. The van der Waals surface area contributed by atoms with Crippen LogP contribution >= 0.6 is 12.4 Å². The molecule has 6 nitrogen and oxygen atoms in total. The van der Waals surface area contributed by atoms with E-state index in [1.807, 2.05) is 13.0 Å². The number of hydrogen-bond donors (Lipinski definition) is 1. The summed E-state index contributed by atoms with van der Waals surface area (Å²) in [6, 6.07) is 8.77. The van der Waals surface area contributed by atoms with Crippen LogP contribution in [0.2, 0.25) is 0 Å². The Bertz CT molecular complexity index is 846. The van der Waals surface area contributed by atoms with Crippen LogP contribution in [0.25, 0.3) is 10.9 Å². The van der Waals surface area contributed by atoms with Crippen LogP contribution in [0.15, 0.2) is 24.3 Å². The van der Waals surface area contributed by atoms with Crippen molar-refractivity contribution in [1.29, 1.82) is 0 Å². The van der Waals surface area contributed by atoms with Gasteiger partial charge in [0.25, 0.3) is 0 Å². The van der Waals surface area contributed by atoms with Crippen molar-refractivity contribution in [2.75, 3.05) is 33.4 Å². The Hall–Kier alpha value is -1.76. The van der Waals surface area contributed by atoms with E-state index in [1.54, 1.807) is 7.11 Å². The molecule has 1 amide bonds. The minimum Gasteiger partial charge on any atom is -0.491 e. The molecule has 1 aliphatic heterocycles. The number of methoxy groups -OCH3 is 1. The van der Waals surface area contributed by atoms with E-state index >= 15 is 0 Å². The van der Waals surface area contributed by atoms with Crippen LogP contribution in [-0.2, 0) is 22.5 Å². The number of unbranched alkanes of at least 4 members (excludes halogenated alkanes) is 1. The fourth-order valence-electron chi connectivity index (χ4n) is 4.80. The first-order chi connectivity index (χ1) is 15.1. The van der Waals surface area contributed by atoms with Crippen LogP contribution in [0.4, 0.5) is 0 Å². The van der Waals surface area contributed by atoms with Gasteiger partial charge in [-0.25, -0.2) is 0 Å². The van der Waals surface area contributed by atoms with Gasteiger partial charge in [0.1, 0.15) is 5.75 Å². The van der Waals surface area contributed by atoms with Crippen LogP contribution in [0, 0.1) is 0 Å². The van der Waals surface area contributed by atoms with Gasteiger partial charge in [0.05, 0.1) is 24.2 Å². The maximum absolute atomic E-state index is 13.6. The molecular weight excluding hydrogens is 426 g/mol. The summed E-state index contributed by atoms with van der Waals surface area (Å²) in [6.07, 6.45) is 4.54. The second kappa shape index (κ2) is 13.1. The number of nitrogens with one attached hydrogen (secondary N) is 1. The molecular formula is C25H40ClN3O3. The third-order valence-electron chi connectivity index (χ3n) is 6.12. The number of aryl methyl sites for hydroxylation is 1. The monoisotopic (exact) mass is 465 g/mol. The zero-order chi connectivity index (χ0) is 22.2. The van der Waals surface area contributed by atoms with Crippen molar-refractivity contribution in [2.24, 2.45) is 0 Å². The van der Waals surface area contributed by atoms with Gasteiger partial charge < -0.3 is 24.3 Å². The number of amides is 1. The molecule has 0 radical (unpaired) electrons. The molecule has 0 saturated carbocycles. The summed E-state index contributed by atoms with van der Waals surface area (Å²) in [5.74, 6) is 1.05. The van der Waals surface area contributed by atoms with Gasteiger partial charge in [-0.05, 0) is 65.1 Å². The molecule has 0 aliphatic carbocycles. The van der Waals surface area contributed by atoms with E-state index in [-0.39, 0.29) is 30.4 Å². The highest BCUT2D eigenvalue weighted by atomic mass is 35.5. The predicted octanol–water partition coefficient (Wildman–Crippen LogP) is 4.42. The number of rotatable bonds is 11. The van der Waals surface area contributed by atoms with Crippen LogP contribution in [0.5, 0.6) is 5.75 Å². The summed E-state index contributed by atoms with van der Waals surface area (Å²) in [5, 5.41) is 4.55. The second-order valence-corrected chi connectivity index (χ2v) is 8.65. The van der Waals surface area contributed by atoms with E-state index in [4.69, 9.17) is 9.47 Å². The molecule has 7 heteroatoms. The van der Waals surface area contributed by atoms with Gasteiger partial charge in [0.2, 0.25) is 5.91 Å². The van der Waals surface area contributed by atoms with Crippen molar-refractivity contribution >= 4 is 29.2 Å². The molecule has 2 heterocycles. The molecule has 32 heavy (non-hydrogen) atoms. The highest BCUT2D eigenvalue weighted by Gasteiger charge is 2.30. The number of fused-ring (bicyclic) bond motifs is 1. The van der Waals surface area contributed by atoms with Gasteiger partial charge in [0.15, 0.2) is 0 Å². The molecule has 1 fully saturated rings. The zero-order valence-corrected chi connectivity index (χ0v) is 20.9. The number of piperidine rings is 1. The summed E-state index contributed by atoms with van der Waals surface area (Å²) in [7, 11) is 1.74. The van der Waals surface area contributed by atoms with Crippen molar-refractivity contribution < 1.29 is 14.3 Å². The Kier molecular flexibility index (Phi) is 10.8. The minimum absolute atomic E-state index is 0. The fourth-order valence-corrected chi connectivity index (χ4v) is 4.80. The van der Waals surface area contributed by atoms with Crippen molar-refractivity contribution in [3.05, 3.63) is 30.0 Å². The van der Waals surface area contributed by atoms with Gasteiger partial charge in [-0.15, -0.1) is 12.4 Å². The molecule has 1 aliphatic rings. The standard InChI is InChI=1S/C25H39N3O3.ClH/c1-5-31-25-21-12-6-7-13-22(21)27(15-8-9-16-30-4)23(25)17-24(29)28(19(2)3)20-11-10-14-26-18-20;/h6-7,12-13,19-20,26H,5,8-11,14-18H2,1-4H3;1H/t20-;/m1./s1. The van der Waals surface area contributed by atoms with Crippen molar-refractivity contribution in [3.8, 4) is 5.75 Å². The van der Waals surface area contributed by atoms with Crippen molar-refractivity contribution in [1.82, 2.24) is 14.8 Å². The molecule has 1 N–H and O–H groups in total. The molecule has 1 aromatic carbocycles. The Labute approximate surface area is 199 Å². The molecule has 2 aromatic rings. The SMILES string of the molecule is CCOc1c(CC(=O)N(C(C)C)[C@@H]2CCCNC2)n(CCCCOC)c2ccccc12.Cl. The predicted molar refractivity (Wildman–Crippen MR) is 133 cm³/mol. The zero-order valence-electron chi connectivity index (χ0n) is 20.1. The van der Waals surface area contributed by atoms with Gasteiger partial charge in [-0.2, -0.15) is 0 Å². The summed E-state index contributed by atoms with van der Waals surface area (Å²) in [5.41, 5.74) is 2.14. The smallest absolute Gasteiger partial charge is 0.229 e. The Balaban J connectivity index is 0.00000363. The van der Waals surface area contributed by atoms with Crippen molar-refractivity contribution in [2.45, 2.75) is 71.5 Å². The summed E-state index contributed by atoms with van der Waals surface area (Å²) in [4.78, 5) is 15.7. The number of hydrogen-bond acceptors (Lipinski definition) is 4. The van der Waals surface area contributed by atoms with Gasteiger partial charge in [-0.3, -0.25) is 4.79 Å². The van der Waals surface area contributed by atoms with Gasteiger partial charge in [0, 0.05) is 44.3 Å². The largest absolute Gasteiger partial charge is 0.491 e. The minimum atomic E-state index is 0. The molecule has 3 rings (SSSR count). The molecule has 0 bridgehead atoms. The lowest BCUT2D eigenvalue weighted by atomic mass is 10.0. The average Bonchev–Trinajstić information content (AvgIpc) is 3.05. The maximum atomic E-state index is 13.6. The normalized spacial score (nSPS) is 16.2. The number of halogens is 1. The number of benzene rings is 1. The lowest BCUT2D eigenvalue weighted by Crippen LogP contribution is -2.52. The highest BCUT2D eigenvalue weighted by molar-refractivity contribution is 5.91. The van der Waals surface area contributed by atoms with Gasteiger partial charge >= 0.3 is 0 Å². The summed E-state index contributed by atoms with van der Waals surface area (Å²) < 4.78 is 13.6. The fraction of sp³-hybridized carbons (Fsp3) is 0.640. The first-order valence-corrected chi connectivity index (χ1v) is 11.8.